The second kappa shape index (κ2) is 5.99. The fraction of sp³-hybridized carbons (Fsp3) is 0.917. The van der Waals surface area contributed by atoms with Crippen molar-refractivity contribution >= 4 is 6.08 Å². The van der Waals surface area contributed by atoms with Crippen molar-refractivity contribution in [3.05, 3.63) is 0 Å². The molecule has 0 unspecified atom stereocenters. The number of ether oxygens (including phenoxy) is 2. The molecule has 88 valence electrons. The van der Waals surface area contributed by atoms with E-state index in [1.54, 1.807) is 7.11 Å². The molecule has 1 rings (SSSR count). The van der Waals surface area contributed by atoms with Gasteiger partial charge in [0.25, 0.3) is 0 Å². The predicted octanol–water partition coefficient (Wildman–Crippen LogP) is 3.14. The quantitative estimate of drug-likeness (QED) is 0.718. The zero-order chi connectivity index (χ0) is 11.1. The standard InChI is InChI=1S/C12H23NO2/c1-4-7-12(8-5-2)9-6-10-13-11(14-3)15-12/h4-10H2,1-3H3. The van der Waals surface area contributed by atoms with Crippen LogP contribution < -0.4 is 0 Å². The number of aliphatic imine (C=N–C) groups is 1. The molecule has 3 nitrogen and oxygen atoms in total. The van der Waals surface area contributed by atoms with E-state index in [2.05, 4.69) is 18.8 Å². The summed E-state index contributed by atoms with van der Waals surface area (Å²) in [7, 11) is 1.63. The molecule has 0 spiro atoms. The van der Waals surface area contributed by atoms with E-state index >= 15 is 0 Å². The highest BCUT2D eigenvalue weighted by Crippen LogP contribution is 2.31. The van der Waals surface area contributed by atoms with Gasteiger partial charge in [-0.05, 0) is 25.7 Å². The first-order valence-electron chi connectivity index (χ1n) is 6.04. The zero-order valence-corrected chi connectivity index (χ0v) is 10.2. The second-order valence-corrected chi connectivity index (χ2v) is 4.24. The van der Waals surface area contributed by atoms with Gasteiger partial charge in [0, 0.05) is 6.54 Å². The summed E-state index contributed by atoms with van der Waals surface area (Å²) in [6, 6.07) is 0. The minimum atomic E-state index is -0.0190. The molecule has 0 saturated heterocycles. The van der Waals surface area contributed by atoms with E-state index in [-0.39, 0.29) is 5.60 Å². The maximum absolute atomic E-state index is 5.96. The lowest BCUT2D eigenvalue weighted by molar-refractivity contribution is 0.00226. The van der Waals surface area contributed by atoms with Gasteiger partial charge in [0.2, 0.25) is 0 Å². The van der Waals surface area contributed by atoms with Gasteiger partial charge in [-0.15, -0.1) is 0 Å². The molecule has 0 aromatic heterocycles. The van der Waals surface area contributed by atoms with Gasteiger partial charge in [-0.25, -0.2) is 4.99 Å². The van der Waals surface area contributed by atoms with Gasteiger partial charge in [-0.1, -0.05) is 26.7 Å². The van der Waals surface area contributed by atoms with Crippen molar-refractivity contribution in [2.24, 2.45) is 4.99 Å². The van der Waals surface area contributed by atoms with E-state index in [1.807, 2.05) is 0 Å². The molecular weight excluding hydrogens is 190 g/mol. The van der Waals surface area contributed by atoms with E-state index in [0.717, 1.165) is 45.1 Å². The molecule has 0 aliphatic carbocycles. The van der Waals surface area contributed by atoms with Crippen LogP contribution in [0.4, 0.5) is 0 Å². The van der Waals surface area contributed by atoms with Crippen molar-refractivity contribution in [1.29, 1.82) is 0 Å². The Labute approximate surface area is 92.9 Å². The maximum atomic E-state index is 5.96. The van der Waals surface area contributed by atoms with Gasteiger partial charge in [0.15, 0.2) is 0 Å². The molecular formula is C12H23NO2. The first kappa shape index (κ1) is 12.3. The van der Waals surface area contributed by atoms with Crippen molar-refractivity contribution in [2.75, 3.05) is 13.7 Å². The van der Waals surface area contributed by atoms with E-state index in [9.17, 15) is 0 Å². The van der Waals surface area contributed by atoms with E-state index < -0.39 is 0 Å². The molecule has 3 heteroatoms. The summed E-state index contributed by atoms with van der Waals surface area (Å²) in [4.78, 5) is 4.27. The molecule has 1 aliphatic rings. The normalized spacial score (nSPS) is 20.1. The van der Waals surface area contributed by atoms with Crippen LogP contribution in [0.15, 0.2) is 4.99 Å². The Hall–Kier alpha value is -0.730. The lowest BCUT2D eigenvalue weighted by atomic mass is 9.88. The maximum Gasteiger partial charge on any atom is 0.383 e. The van der Waals surface area contributed by atoms with Crippen LogP contribution in [0.25, 0.3) is 0 Å². The van der Waals surface area contributed by atoms with E-state index in [1.165, 1.54) is 0 Å². The summed E-state index contributed by atoms with van der Waals surface area (Å²) in [5, 5.41) is 0. The van der Waals surface area contributed by atoms with Crippen LogP contribution in [0.5, 0.6) is 0 Å². The summed E-state index contributed by atoms with van der Waals surface area (Å²) in [6.07, 6.45) is 7.19. The monoisotopic (exact) mass is 213 g/mol. The lowest BCUT2D eigenvalue weighted by Gasteiger charge is -2.32. The number of hydrogen-bond acceptors (Lipinski definition) is 3. The van der Waals surface area contributed by atoms with Gasteiger partial charge in [-0.3, -0.25) is 0 Å². The SMILES string of the molecule is CCCC1(CCC)CCCN=C(OC)O1. The molecule has 0 radical (unpaired) electrons. The van der Waals surface area contributed by atoms with Crippen molar-refractivity contribution in [2.45, 2.75) is 58.0 Å². The highest BCUT2D eigenvalue weighted by atomic mass is 16.7. The Balaban J connectivity index is 2.71. The molecule has 0 aromatic carbocycles. The van der Waals surface area contributed by atoms with Crippen molar-refractivity contribution in [1.82, 2.24) is 0 Å². The Kier molecular flexibility index (Phi) is 4.92. The minimum absolute atomic E-state index is 0.0190. The van der Waals surface area contributed by atoms with Crippen molar-refractivity contribution in [3.8, 4) is 0 Å². The zero-order valence-electron chi connectivity index (χ0n) is 10.2. The molecule has 0 saturated carbocycles. The lowest BCUT2D eigenvalue weighted by Crippen LogP contribution is -2.34. The average Bonchev–Trinajstić information content (AvgIpc) is 2.42. The molecule has 15 heavy (non-hydrogen) atoms. The molecule has 0 bridgehead atoms. The topological polar surface area (TPSA) is 30.8 Å². The molecule has 0 atom stereocenters. The van der Waals surface area contributed by atoms with Crippen LogP contribution in [0.3, 0.4) is 0 Å². The van der Waals surface area contributed by atoms with Crippen molar-refractivity contribution < 1.29 is 9.47 Å². The van der Waals surface area contributed by atoms with Crippen LogP contribution in [0.1, 0.15) is 52.4 Å². The molecule has 0 aromatic rings. The minimum Gasteiger partial charge on any atom is -0.454 e. The first-order valence-corrected chi connectivity index (χ1v) is 6.04. The van der Waals surface area contributed by atoms with Crippen LogP contribution in [-0.2, 0) is 9.47 Å². The van der Waals surface area contributed by atoms with E-state index in [0.29, 0.717) is 6.08 Å². The smallest absolute Gasteiger partial charge is 0.383 e. The number of methoxy groups -OCH3 is 1. The predicted molar refractivity (Wildman–Crippen MR) is 62.2 cm³/mol. The summed E-state index contributed by atoms with van der Waals surface area (Å²) < 4.78 is 11.1. The number of nitrogens with zero attached hydrogens (tertiary/aromatic N) is 1. The number of rotatable bonds is 4. The highest BCUT2D eigenvalue weighted by Gasteiger charge is 2.33. The van der Waals surface area contributed by atoms with Crippen LogP contribution >= 0.6 is 0 Å². The van der Waals surface area contributed by atoms with Gasteiger partial charge >= 0.3 is 6.08 Å². The third-order valence-corrected chi connectivity index (χ3v) is 2.92. The summed E-state index contributed by atoms with van der Waals surface area (Å²) in [5.41, 5.74) is -0.0190. The largest absolute Gasteiger partial charge is 0.454 e. The van der Waals surface area contributed by atoms with Gasteiger partial charge in [-0.2, -0.15) is 0 Å². The summed E-state index contributed by atoms with van der Waals surface area (Å²) >= 11 is 0. The Morgan fingerprint density at radius 2 is 2.00 bits per heavy atom. The van der Waals surface area contributed by atoms with Crippen LogP contribution in [-0.4, -0.2) is 25.3 Å². The first-order chi connectivity index (χ1) is 7.26. The molecule has 0 amide bonds. The molecule has 1 heterocycles. The Morgan fingerprint density at radius 1 is 1.33 bits per heavy atom. The van der Waals surface area contributed by atoms with Gasteiger partial charge in [0.05, 0.1) is 7.11 Å². The summed E-state index contributed by atoms with van der Waals surface area (Å²) in [6.45, 7) is 5.24. The molecule has 0 fully saturated rings. The second-order valence-electron chi connectivity index (χ2n) is 4.24. The Morgan fingerprint density at radius 3 is 2.53 bits per heavy atom. The van der Waals surface area contributed by atoms with Crippen LogP contribution in [0.2, 0.25) is 0 Å². The number of hydrogen-bond donors (Lipinski definition) is 0. The van der Waals surface area contributed by atoms with E-state index in [4.69, 9.17) is 9.47 Å². The van der Waals surface area contributed by atoms with Crippen molar-refractivity contribution in [3.63, 3.8) is 0 Å². The van der Waals surface area contributed by atoms with Crippen LogP contribution in [0, 0.1) is 0 Å². The molecule has 0 N–H and O–H groups in total. The Bertz CT molecular complexity index is 208. The van der Waals surface area contributed by atoms with Gasteiger partial charge in [0.1, 0.15) is 5.60 Å². The fourth-order valence-electron chi connectivity index (χ4n) is 2.33. The molecule has 1 aliphatic heterocycles. The average molecular weight is 213 g/mol. The van der Waals surface area contributed by atoms with Gasteiger partial charge < -0.3 is 9.47 Å². The summed E-state index contributed by atoms with van der Waals surface area (Å²) in [5.74, 6) is 0. The third kappa shape index (κ3) is 3.40. The third-order valence-electron chi connectivity index (χ3n) is 2.92. The fourth-order valence-corrected chi connectivity index (χ4v) is 2.33. The highest BCUT2D eigenvalue weighted by molar-refractivity contribution is 5.67.